The molecular formula is C38H44Cl2SiZr. The van der Waals surface area contributed by atoms with Gasteiger partial charge in [0.1, 0.15) is 0 Å². The Morgan fingerprint density at radius 2 is 1.07 bits per heavy atom. The quantitative estimate of drug-likeness (QED) is 0.188. The van der Waals surface area contributed by atoms with Crippen LogP contribution in [-0.2, 0) is 31.2 Å². The van der Waals surface area contributed by atoms with E-state index in [1.165, 1.54) is 39.0 Å². The van der Waals surface area contributed by atoms with Crippen molar-refractivity contribution >= 4 is 35.8 Å². The number of allylic oxidation sites excluding steroid dienone is 1. The van der Waals surface area contributed by atoms with Crippen LogP contribution in [0.25, 0.3) is 16.7 Å². The van der Waals surface area contributed by atoms with Gasteiger partial charge in [-0.15, -0.1) is 24.8 Å². The van der Waals surface area contributed by atoms with E-state index in [4.69, 9.17) is 0 Å². The molecule has 2 aliphatic rings. The van der Waals surface area contributed by atoms with Crippen LogP contribution in [0.2, 0.25) is 13.1 Å². The van der Waals surface area contributed by atoms with Gasteiger partial charge in [0.15, 0.2) is 0 Å². The van der Waals surface area contributed by atoms with Crippen LogP contribution < -0.4 is 0 Å². The zero-order valence-corrected chi connectivity index (χ0v) is 31.3. The van der Waals surface area contributed by atoms with Gasteiger partial charge in [0.2, 0.25) is 0 Å². The van der Waals surface area contributed by atoms with Crippen molar-refractivity contribution in [3.8, 4) is 11.1 Å². The molecule has 0 saturated heterocycles. The third kappa shape index (κ3) is 5.87. The monoisotopic (exact) mass is 688 g/mol. The predicted octanol–water partition coefficient (Wildman–Crippen LogP) is 11.3. The molecule has 1 atom stereocenters. The number of halogens is 2. The second kappa shape index (κ2) is 12.4. The fourth-order valence-electron chi connectivity index (χ4n) is 6.79. The van der Waals surface area contributed by atoms with Crippen LogP contribution in [0.1, 0.15) is 87.7 Å². The molecule has 4 aromatic rings. The molecule has 0 nitrogen and oxygen atoms in total. The second-order valence-corrected chi connectivity index (χ2v) is 32.0. The molecule has 0 aromatic heterocycles. The molecule has 0 bridgehead atoms. The molecule has 4 heteroatoms. The van der Waals surface area contributed by atoms with Gasteiger partial charge in [-0.05, 0) is 0 Å². The van der Waals surface area contributed by atoms with E-state index < -0.39 is 25.8 Å². The molecule has 2 aliphatic carbocycles. The molecule has 0 spiro atoms. The first-order chi connectivity index (χ1) is 18.9. The molecule has 42 heavy (non-hydrogen) atoms. The molecule has 0 saturated carbocycles. The van der Waals surface area contributed by atoms with E-state index in [-0.39, 0.29) is 35.6 Å². The SMILES string of the molecule is C[Si](C)=[Zr]([CH]1C=C(c2ccccc2)c2ccccc21)[CH]1c2cc(C(C)(C)C)ccc2-c2ccc(C(C)(C)C)cc21.Cl.Cl. The van der Waals surface area contributed by atoms with Crippen molar-refractivity contribution < 1.29 is 20.4 Å². The van der Waals surface area contributed by atoms with Gasteiger partial charge in [-0.2, -0.15) is 0 Å². The zero-order chi connectivity index (χ0) is 28.4. The van der Waals surface area contributed by atoms with Gasteiger partial charge in [0, 0.05) is 0 Å². The second-order valence-electron chi connectivity index (χ2n) is 14.0. The Labute approximate surface area is 274 Å². The van der Waals surface area contributed by atoms with Gasteiger partial charge >= 0.3 is 251 Å². The largest absolute Gasteiger partial charge is 0.147 e. The average molecular weight is 691 g/mol. The van der Waals surface area contributed by atoms with Crippen molar-refractivity contribution in [3.63, 3.8) is 0 Å². The minimum atomic E-state index is -2.22. The van der Waals surface area contributed by atoms with Crippen molar-refractivity contribution in [2.24, 2.45) is 0 Å². The first-order valence-electron chi connectivity index (χ1n) is 14.8. The summed E-state index contributed by atoms with van der Waals surface area (Å²) in [6, 6.07) is 35.4. The van der Waals surface area contributed by atoms with Crippen LogP contribution in [0.5, 0.6) is 0 Å². The summed E-state index contributed by atoms with van der Waals surface area (Å²) >= 11 is -2.22. The molecule has 0 heterocycles. The van der Waals surface area contributed by atoms with Crippen LogP contribution >= 0.6 is 24.8 Å². The molecule has 0 fully saturated rings. The summed E-state index contributed by atoms with van der Waals surface area (Å²) in [5.41, 5.74) is 14.8. The van der Waals surface area contributed by atoms with E-state index in [0.717, 1.165) is 0 Å². The van der Waals surface area contributed by atoms with Crippen molar-refractivity contribution in [2.75, 3.05) is 0 Å². The van der Waals surface area contributed by atoms with Gasteiger partial charge in [-0.25, -0.2) is 0 Å². The first kappa shape index (κ1) is 33.2. The third-order valence-electron chi connectivity index (χ3n) is 8.97. The van der Waals surface area contributed by atoms with E-state index in [2.05, 4.69) is 152 Å². The minimum Gasteiger partial charge on any atom is -0.147 e. The number of fused-ring (bicyclic) bond motifs is 4. The summed E-state index contributed by atoms with van der Waals surface area (Å²) in [6.07, 6.45) is 2.71. The third-order valence-corrected chi connectivity index (χ3v) is 28.1. The molecule has 0 amide bonds. The van der Waals surface area contributed by atoms with E-state index in [9.17, 15) is 0 Å². The molecule has 0 radical (unpaired) electrons. The van der Waals surface area contributed by atoms with Crippen LogP contribution in [0, 0.1) is 0 Å². The maximum atomic E-state index is 2.71. The predicted molar refractivity (Wildman–Crippen MR) is 186 cm³/mol. The summed E-state index contributed by atoms with van der Waals surface area (Å²) < 4.78 is 1.18. The summed E-state index contributed by atoms with van der Waals surface area (Å²) in [6.45, 7) is 19.4. The zero-order valence-electron chi connectivity index (χ0n) is 26.2. The Hall–Kier alpha value is -1.70. The Balaban J connectivity index is 0.00000202. The van der Waals surface area contributed by atoms with Gasteiger partial charge in [0.25, 0.3) is 0 Å². The van der Waals surface area contributed by atoms with E-state index in [0.29, 0.717) is 7.25 Å². The van der Waals surface area contributed by atoms with Crippen molar-refractivity contribution in [1.29, 1.82) is 0 Å². The Kier molecular flexibility index (Phi) is 9.77. The number of hydrogen-bond donors (Lipinski definition) is 0. The normalized spacial score (nSPS) is 15.5. The smallest absolute Gasteiger partial charge is 0.147 e. The maximum absolute atomic E-state index is 2.71. The van der Waals surface area contributed by atoms with Gasteiger partial charge in [-0.1, -0.05) is 0 Å². The molecular weight excluding hydrogens is 647 g/mol. The van der Waals surface area contributed by atoms with E-state index in [1.807, 2.05) is 0 Å². The molecule has 0 aliphatic heterocycles. The average Bonchev–Trinajstić information content (AvgIpc) is 3.44. The number of hydrogen-bond acceptors (Lipinski definition) is 0. The molecule has 4 aromatic carbocycles. The standard InChI is InChI=1S/C21H25.C15H11.C2H6Si.2ClH.Zr/c1-20(2,3)16-7-9-18-14(12-16)11-15-13-17(21(4,5)6)8-10-19(15)18;1-2-6-12(7-3-1)15-11-10-13-8-4-5-9-14(13)15;1-3-2;;;/h7-13H,1-6H3;1-11H;1-2H3;2*1H;. The summed E-state index contributed by atoms with van der Waals surface area (Å²) in [4.78, 5) is 0. The van der Waals surface area contributed by atoms with Crippen LogP contribution in [0.4, 0.5) is 0 Å². The van der Waals surface area contributed by atoms with Gasteiger partial charge in [-0.3, -0.25) is 0 Å². The number of rotatable bonds is 3. The van der Waals surface area contributed by atoms with E-state index in [1.54, 1.807) is 16.7 Å². The van der Waals surface area contributed by atoms with Crippen molar-refractivity contribution in [2.45, 2.75) is 72.7 Å². The van der Waals surface area contributed by atoms with E-state index >= 15 is 0 Å². The Bertz CT molecular complexity index is 1620. The first-order valence-corrected chi connectivity index (χ1v) is 23.8. The summed E-state index contributed by atoms with van der Waals surface area (Å²) in [5, 5.41) is 0. The Morgan fingerprint density at radius 3 is 1.57 bits per heavy atom. The molecule has 1 unspecified atom stereocenters. The van der Waals surface area contributed by atoms with Gasteiger partial charge in [0.05, 0.1) is 0 Å². The summed E-state index contributed by atoms with van der Waals surface area (Å²) in [7, 11) is 0. The fourth-order valence-corrected chi connectivity index (χ4v) is 26.1. The van der Waals surface area contributed by atoms with Crippen molar-refractivity contribution in [1.82, 2.24) is 0 Å². The van der Waals surface area contributed by atoms with Gasteiger partial charge < -0.3 is 0 Å². The van der Waals surface area contributed by atoms with Crippen LogP contribution in [0.15, 0.2) is 97.1 Å². The number of benzene rings is 4. The van der Waals surface area contributed by atoms with Crippen LogP contribution in [0.3, 0.4) is 0 Å². The molecule has 0 N–H and O–H groups in total. The fraction of sp³-hybridized carbons (Fsp3) is 0.316. The molecule has 218 valence electrons. The Morgan fingerprint density at radius 1 is 0.571 bits per heavy atom. The topological polar surface area (TPSA) is 0 Å². The maximum Gasteiger partial charge on any atom is -0.147 e. The van der Waals surface area contributed by atoms with Crippen molar-refractivity contribution in [3.05, 3.63) is 136 Å². The summed E-state index contributed by atoms with van der Waals surface area (Å²) in [5.74, 6) is 0. The minimum absolute atomic E-state index is 0. The molecule has 6 rings (SSSR count). The van der Waals surface area contributed by atoms with Crippen LogP contribution in [-0.4, -0.2) is 5.43 Å².